The lowest BCUT2D eigenvalue weighted by Gasteiger charge is -2.10. The topological polar surface area (TPSA) is 94.7 Å². The summed E-state index contributed by atoms with van der Waals surface area (Å²) in [5.74, 6) is 0.563. The van der Waals surface area contributed by atoms with Crippen molar-refractivity contribution in [3.8, 4) is 5.82 Å². The summed E-state index contributed by atoms with van der Waals surface area (Å²) in [6, 6.07) is 10.5. The number of pyridine rings is 1. The summed E-state index contributed by atoms with van der Waals surface area (Å²) >= 11 is 0. The number of nitrogens with zero attached hydrogens (tertiary/aromatic N) is 5. The Morgan fingerprint density at radius 2 is 1.89 bits per heavy atom. The van der Waals surface area contributed by atoms with Crippen LogP contribution < -0.4 is 4.72 Å². The van der Waals surface area contributed by atoms with Gasteiger partial charge in [-0.2, -0.15) is 10.2 Å². The number of aryl methyl sites for hydroxylation is 3. The number of aromatic nitrogens is 5. The van der Waals surface area contributed by atoms with E-state index in [4.69, 9.17) is 0 Å². The molecular weight excluding hydrogens is 364 g/mol. The molecule has 3 aromatic heterocycles. The minimum Gasteiger partial charge on any atom is -0.277 e. The maximum absolute atomic E-state index is 12.8. The Balaban J connectivity index is 1.68. The van der Waals surface area contributed by atoms with Crippen LogP contribution in [0.25, 0.3) is 16.7 Å². The van der Waals surface area contributed by atoms with E-state index in [1.807, 2.05) is 26.0 Å². The summed E-state index contributed by atoms with van der Waals surface area (Å²) in [7, 11) is -2.02. The fourth-order valence-corrected chi connectivity index (χ4v) is 4.05. The molecule has 0 saturated carbocycles. The smallest absolute Gasteiger partial charge is 0.263 e. The molecule has 0 aliphatic heterocycles. The van der Waals surface area contributed by atoms with Gasteiger partial charge in [-0.25, -0.2) is 18.1 Å². The second-order valence-electron chi connectivity index (χ2n) is 6.31. The molecule has 0 aliphatic rings. The molecule has 0 aliphatic carbocycles. The van der Waals surface area contributed by atoms with Crippen molar-refractivity contribution in [1.29, 1.82) is 0 Å². The van der Waals surface area contributed by atoms with E-state index in [0.717, 1.165) is 16.8 Å². The zero-order valence-electron chi connectivity index (χ0n) is 15.1. The number of hydrogen-bond acceptors (Lipinski definition) is 5. The summed E-state index contributed by atoms with van der Waals surface area (Å²) in [4.78, 5) is 4.34. The molecule has 0 spiro atoms. The minimum atomic E-state index is -3.79. The summed E-state index contributed by atoms with van der Waals surface area (Å²) < 4.78 is 31.5. The van der Waals surface area contributed by atoms with Crippen LogP contribution in [0.3, 0.4) is 0 Å². The second kappa shape index (κ2) is 6.20. The van der Waals surface area contributed by atoms with Crippen molar-refractivity contribution in [2.24, 2.45) is 7.05 Å². The van der Waals surface area contributed by atoms with E-state index >= 15 is 0 Å². The zero-order chi connectivity index (χ0) is 19.2. The van der Waals surface area contributed by atoms with E-state index in [9.17, 15) is 8.42 Å². The number of rotatable bonds is 4. The van der Waals surface area contributed by atoms with Gasteiger partial charge in [0.15, 0.2) is 5.82 Å². The molecule has 0 radical (unpaired) electrons. The predicted molar refractivity (Wildman–Crippen MR) is 102 cm³/mol. The van der Waals surface area contributed by atoms with Crippen LogP contribution in [0.5, 0.6) is 0 Å². The summed E-state index contributed by atoms with van der Waals surface area (Å²) in [6.45, 7) is 3.81. The van der Waals surface area contributed by atoms with Crippen LogP contribution in [-0.4, -0.2) is 33.0 Å². The molecule has 4 aromatic rings. The minimum absolute atomic E-state index is 0.0759. The fourth-order valence-electron chi connectivity index (χ4n) is 3.04. The highest BCUT2D eigenvalue weighted by atomic mass is 32.2. The molecule has 0 amide bonds. The van der Waals surface area contributed by atoms with E-state index in [0.29, 0.717) is 17.0 Å². The van der Waals surface area contributed by atoms with Gasteiger partial charge in [0.25, 0.3) is 10.0 Å². The normalized spacial score (nSPS) is 11.8. The molecule has 0 saturated heterocycles. The molecule has 8 nitrogen and oxygen atoms in total. The maximum Gasteiger partial charge on any atom is 0.263 e. The lowest BCUT2D eigenvalue weighted by Crippen LogP contribution is -2.14. The molecule has 0 bridgehead atoms. The van der Waals surface area contributed by atoms with Crippen LogP contribution in [0.15, 0.2) is 53.7 Å². The van der Waals surface area contributed by atoms with Crippen LogP contribution in [0, 0.1) is 13.8 Å². The molecule has 0 atom stereocenters. The highest BCUT2D eigenvalue weighted by Crippen LogP contribution is 2.25. The number of sulfonamides is 1. The van der Waals surface area contributed by atoms with Gasteiger partial charge >= 0.3 is 0 Å². The zero-order valence-corrected chi connectivity index (χ0v) is 15.9. The first kappa shape index (κ1) is 17.2. The van der Waals surface area contributed by atoms with E-state index in [-0.39, 0.29) is 4.90 Å². The Hall–Kier alpha value is -3.20. The molecule has 0 unspecified atom stereocenters. The van der Waals surface area contributed by atoms with E-state index in [1.54, 1.807) is 40.8 Å². The highest BCUT2D eigenvalue weighted by Gasteiger charge is 2.18. The fraction of sp³-hybridized carbons (Fsp3) is 0.167. The third-order valence-corrected chi connectivity index (χ3v) is 5.61. The van der Waals surface area contributed by atoms with Crippen LogP contribution >= 0.6 is 0 Å². The van der Waals surface area contributed by atoms with Gasteiger partial charge in [0.05, 0.1) is 23.1 Å². The van der Waals surface area contributed by atoms with Gasteiger partial charge in [0.2, 0.25) is 0 Å². The van der Waals surface area contributed by atoms with Crippen LogP contribution in [0.4, 0.5) is 5.69 Å². The Kier molecular flexibility index (Phi) is 3.96. The number of nitrogens with one attached hydrogen (secondary N) is 1. The number of fused-ring (bicyclic) bond motifs is 1. The number of anilines is 1. The number of para-hydroxylation sites is 1. The van der Waals surface area contributed by atoms with Crippen molar-refractivity contribution in [2.75, 3.05) is 4.72 Å². The number of hydrogen-bond donors (Lipinski definition) is 1. The largest absolute Gasteiger partial charge is 0.277 e. The van der Waals surface area contributed by atoms with Crippen LogP contribution in [-0.2, 0) is 17.1 Å². The lowest BCUT2D eigenvalue weighted by atomic mass is 10.2. The highest BCUT2D eigenvalue weighted by molar-refractivity contribution is 7.92. The van der Waals surface area contributed by atoms with E-state index in [2.05, 4.69) is 19.9 Å². The quantitative estimate of drug-likeness (QED) is 0.585. The maximum atomic E-state index is 12.8. The monoisotopic (exact) mass is 382 g/mol. The van der Waals surface area contributed by atoms with Crippen molar-refractivity contribution < 1.29 is 8.42 Å². The van der Waals surface area contributed by atoms with Gasteiger partial charge in [0.1, 0.15) is 4.90 Å². The molecule has 4 rings (SSSR count). The first-order valence-corrected chi connectivity index (χ1v) is 9.77. The molecule has 0 fully saturated rings. The van der Waals surface area contributed by atoms with Crippen molar-refractivity contribution in [1.82, 2.24) is 24.5 Å². The van der Waals surface area contributed by atoms with Gasteiger partial charge < -0.3 is 0 Å². The van der Waals surface area contributed by atoms with Gasteiger partial charge in [-0.05, 0) is 38.1 Å². The average Bonchev–Trinajstić information content (AvgIpc) is 3.17. The average molecular weight is 382 g/mol. The summed E-state index contributed by atoms with van der Waals surface area (Å²) in [5.41, 5.74) is 2.98. The first-order chi connectivity index (χ1) is 12.8. The molecule has 1 aromatic carbocycles. The first-order valence-electron chi connectivity index (χ1n) is 8.28. The van der Waals surface area contributed by atoms with Gasteiger partial charge in [-0.1, -0.05) is 12.1 Å². The Morgan fingerprint density at radius 1 is 1.07 bits per heavy atom. The second-order valence-corrected chi connectivity index (χ2v) is 7.99. The summed E-state index contributed by atoms with van der Waals surface area (Å²) in [5, 5.41) is 9.39. The molecule has 9 heteroatoms. The van der Waals surface area contributed by atoms with Crippen LogP contribution in [0.1, 0.15) is 11.4 Å². The van der Waals surface area contributed by atoms with Crippen LogP contribution in [0.2, 0.25) is 0 Å². The Labute approximate surface area is 156 Å². The molecule has 27 heavy (non-hydrogen) atoms. The standard InChI is InChI=1S/C18H18N6O2S/c1-12-9-13(2)24(21-12)17-8-7-15(11-19-17)27(25,26)22-16-6-4-5-14-10-20-23(3)18(14)16/h4-11,22H,1-3H3. The van der Waals surface area contributed by atoms with Gasteiger partial charge in [0, 0.05) is 24.3 Å². The molecule has 1 N–H and O–H groups in total. The van der Waals surface area contributed by atoms with Gasteiger partial charge in [-0.3, -0.25) is 9.40 Å². The van der Waals surface area contributed by atoms with Gasteiger partial charge in [-0.15, -0.1) is 0 Å². The number of benzene rings is 1. The van der Waals surface area contributed by atoms with Crippen molar-refractivity contribution >= 4 is 26.6 Å². The third-order valence-electron chi connectivity index (χ3n) is 4.26. The summed E-state index contributed by atoms with van der Waals surface area (Å²) in [6.07, 6.45) is 3.02. The third kappa shape index (κ3) is 3.06. The Morgan fingerprint density at radius 3 is 2.56 bits per heavy atom. The lowest BCUT2D eigenvalue weighted by molar-refractivity contribution is 0.600. The molecule has 3 heterocycles. The van der Waals surface area contributed by atoms with Crippen molar-refractivity contribution in [2.45, 2.75) is 18.7 Å². The van der Waals surface area contributed by atoms with Crippen molar-refractivity contribution in [3.63, 3.8) is 0 Å². The molecule has 138 valence electrons. The Bertz CT molecular complexity index is 1240. The SMILES string of the molecule is Cc1cc(C)n(-c2ccc(S(=O)(=O)Nc3cccc4cnn(C)c34)cn2)n1. The van der Waals surface area contributed by atoms with E-state index in [1.165, 1.54) is 12.3 Å². The predicted octanol–water partition coefficient (Wildman–Crippen LogP) is 2.57. The van der Waals surface area contributed by atoms with Crippen molar-refractivity contribution in [3.05, 3.63) is 60.2 Å². The van der Waals surface area contributed by atoms with E-state index < -0.39 is 10.0 Å². The molecular formula is C18H18N6O2S.